The Balaban J connectivity index is 2.35. The van der Waals surface area contributed by atoms with Gasteiger partial charge >= 0.3 is 0 Å². The lowest BCUT2D eigenvalue weighted by atomic mass is 9.96. The second-order valence-electron chi connectivity index (χ2n) is 4.14. The third kappa shape index (κ3) is 2.16. The quantitative estimate of drug-likeness (QED) is 0.845. The molecule has 1 aliphatic rings. The van der Waals surface area contributed by atoms with E-state index in [1.54, 1.807) is 0 Å². The average molecular weight is 280 g/mol. The lowest BCUT2D eigenvalue weighted by molar-refractivity contribution is 0.779. The number of nitrogens with two attached hydrogens (primary N) is 1. The van der Waals surface area contributed by atoms with Gasteiger partial charge in [-0.2, -0.15) is 5.10 Å². The Morgan fingerprint density at radius 2 is 2.12 bits per heavy atom. The van der Waals surface area contributed by atoms with Crippen LogP contribution in [0.1, 0.15) is 24.5 Å². The first kappa shape index (κ1) is 11.3. The Bertz CT molecular complexity index is 477. The molecule has 0 radical (unpaired) electrons. The molecular weight excluding hydrogens is 266 g/mol. The molecule has 1 aliphatic heterocycles. The Hall–Kier alpha value is -1.16. The lowest BCUT2D eigenvalue weighted by Crippen LogP contribution is -2.26. The lowest BCUT2D eigenvalue weighted by Gasteiger charge is -2.16. The normalized spacial score (nSPS) is 20.3. The molecule has 1 unspecified atom stereocenters. The molecule has 0 amide bonds. The summed E-state index contributed by atoms with van der Waals surface area (Å²) in [4.78, 5) is 0. The minimum atomic E-state index is 0.274. The van der Waals surface area contributed by atoms with Gasteiger partial charge in [-0.05, 0) is 30.2 Å². The van der Waals surface area contributed by atoms with Crippen LogP contribution >= 0.6 is 15.9 Å². The highest BCUT2D eigenvalue weighted by Crippen LogP contribution is 2.21. The fraction of sp³-hybridized carbons (Fsp3) is 0.333. The molecule has 2 N–H and O–H groups in total. The molecule has 3 nitrogen and oxygen atoms in total. The molecule has 1 atom stereocenters. The molecule has 16 heavy (non-hydrogen) atoms. The maximum atomic E-state index is 5.71. The smallest absolute Gasteiger partial charge is 0.125 e. The van der Waals surface area contributed by atoms with Crippen LogP contribution in [-0.4, -0.2) is 11.5 Å². The predicted octanol–water partition coefficient (Wildman–Crippen LogP) is 2.86. The SMILES string of the molecule is Cc1cc(C2=NN=C(N)C(C)C2)ccc1Br. The second-order valence-corrected chi connectivity index (χ2v) is 5.00. The van der Waals surface area contributed by atoms with E-state index >= 15 is 0 Å². The molecule has 1 aromatic rings. The zero-order chi connectivity index (χ0) is 11.7. The maximum Gasteiger partial charge on any atom is 0.125 e. The summed E-state index contributed by atoms with van der Waals surface area (Å²) in [6, 6.07) is 6.21. The molecule has 2 rings (SSSR count). The Morgan fingerprint density at radius 1 is 1.38 bits per heavy atom. The average Bonchev–Trinajstić information content (AvgIpc) is 2.26. The van der Waals surface area contributed by atoms with Crippen molar-refractivity contribution in [3.63, 3.8) is 0 Å². The summed E-state index contributed by atoms with van der Waals surface area (Å²) in [6.45, 7) is 4.14. The van der Waals surface area contributed by atoms with Gasteiger partial charge < -0.3 is 5.73 Å². The molecule has 0 aromatic heterocycles. The van der Waals surface area contributed by atoms with Gasteiger partial charge in [-0.25, -0.2) is 0 Å². The molecule has 1 aromatic carbocycles. The summed E-state index contributed by atoms with van der Waals surface area (Å²) < 4.78 is 1.11. The summed E-state index contributed by atoms with van der Waals surface area (Å²) in [5.74, 6) is 0.897. The fourth-order valence-corrected chi connectivity index (χ4v) is 1.90. The standard InChI is InChI=1S/C12H14BrN3/c1-7-5-9(3-4-10(7)13)11-6-8(2)12(14)16-15-11/h3-5,8H,6H2,1-2H3,(H2,14,16). The molecule has 0 saturated heterocycles. The van der Waals surface area contributed by atoms with E-state index in [1.165, 1.54) is 5.56 Å². The van der Waals surface area contributed by atoms with E-state index in [-0.39, 0.29) is 5.92 Å². The van der Waals surface area contributed by atoms with Crippen LogP contribution in [0.15, 0.2) is 32.9 Å². The van der Waals surface area contributed by atoms with E-state index in [0.29, 0.717) is 5.84 Å². The summed E-state index contributed by atoms with van der Waals surface area (Å²) in [7, 11) is 0. The first-order valence-corrected chi connectivity index (χ1v) is 6.03. The maximum absolute atomic E-state index is 5.71. The van der Waals surface area contributed by atoms with E-state index in [0.717, 1.165) is 22.2 Å². The van der Waals surface area contributed by atoms with Gasteiger partial charge in [-0.15, -0.1) is 5.10 Å². The summed E-state index contributed by atoms with van der Waals surface area (Å²) in [5.41, 5.74) is 9.05. The van der Waals surface area contributed by atoms with Crippen LogP contribution in [0.4, 0.5) is 0 Å². The second kappa shape index (κ2) is 4.37. The van der Waals surface area contributed by atoms with E-state index in [4.69, 9.17) is 5.73 Å². The number of benzene rings is 1. The van der Waals surface area contributed by atoms with Crippen molar-refractivity contribution >= 4 is 27.5 Å². The van der Waals surface area contributed by atoms with Crippen LogP contribution in [0.2, 0.25) is 0 Å². The van der Waals surface area contributed by atoms with Crippen molar-refractivity contribution in [2.45, 2.75) is 20.3 Å². The van der Waals surface area contributed by atoms with E-state index in [9.17, 15) is 0 Å². The topological polar surface area (TPSA) is 50.7 Å². The molecular formula is C12H14BrN3. The van der Waals surface area contributed by atoms with Crippen LogP contribution in [0.3, 0.4) is 0 Å². The van der Waals surface area contributed by atoms with Gasteiger partial charge in [0, 0.05) is 16.8 Å². The molecule has 0 spiro atoms. The van der Waals surface area contributed by atoms with Crippen molar-refractivity contribution in [2.24, 2.45) is 21.9 Å². The first-order valence-electron chi connectivity index (χ1n) is 5.24. The number of rotatable bonds is 1. The largest absolute Gasteiger partial charge is 0.385 e. The molecule has 4 heteroatoms. The number of halogens is 1. The van der Waals surface area contributed by atoms with Crippen molar-refractivity contribution in [3.8, 4) is 0 Å². The van der Waals surface area contributed by atoms with Gasteiger partial charge in [0.2, 0.25) is 0 Å². The molecule has 84 valence electrons. The number of nitrogens with zero attached hydrogens (tertiary/aromatic N) is 2. The molecule has 1 heterocycles. The highest BCUT2D eigenvalue weighted by atomic mass is 79.9. The monoisotopic (exact) mass is 279 g/mol. The molecule has 0 fully saturated rings. The van der Waals surface area contributed by atoms with Crippen molar-refractivity contribution < 1.29 is 0 Å². The van der Waals surface area contributed by atoms with Crippen LogP contribution in [0, 0.1) is 12.8 Å². The van der Waals surface area contributed by atoms with Crippen molar-refractivity contribution in [1.29, 1.82) is 0 Å². The number of hydrogen-bond donors (Lipinski definition) is 1. The minimum Gasteiger partial charge on any atom is -0.385 e. The van der Waals surface area contributed by atoms with Crippen LogP contribution < -0.4 is 5.73 Å². The van der Waals surface area contributed by atoms with Gasteiger partial charge in [0.1, 0.15) is 5.84 Å². The Kier molecular flexibility index (Phi) is 3.10. The minimum absolute atomic E-state index is 0.274. The van der Waals surface area contributed by atoms with E-state index in [1.807, 2.05) is 6.07 Å². The van der Waals surface area contributed by atoms with Crippen LogP contribution in [-0.2, 0) is 0 Å². The van der Waals surface area contributed by atoms with Gasteiger partial charge in [-0.3, -0.25) is 0 Å². The van der Waals surface area contributed by atoms with Gasteiger partial charge in [-0.1, -0.05) is 28.9 Å². The fourth-order valence-electron chi connectivity index (χ4n) is 1.65. The third-order valence-corrected chi connectivity index (χ3v) is 3.67. The van der Waals surface area contributed by atoms with E-state index in [2.05, 4.69) is 52.1 Å². The van der Waals surface area contributed by atoms with Crippen LogP contribution in [0.25, 0.3) is 0 Å². The summed E-state index contributed by atoms with van der Waals surface area (Å²) in [6.07, 6.45) is 0.858. The number of aryl methyl sites for hydroxylation is 1. The number of hydrogen-bond acceptors (Lipinski definition) is 3. The van der Waals surface area contributed by atoms with Gasteiger partial charge in [0.05, 0.1) is 5.71 Å². The zero-order valence-electron chi connectivity index (χ0n) is 9.37. The van der Waals surface area contributed by atoms with Gasteiger partial charge in [0.25, 0.3) is 0 Å². The number of amidine groups is 1. The molecule has 0 aliphatic carbocycles. The van der Waals surface area contributed by atoms with E-state index < -0.39 is 0 Å². The molecule has 0 saturated carbocycles. The van der Waals surface area contributed by atoms with Gasteiger partial charge in [0.15, 0.2) is 0 Å². The predicted molar refractivity (Wildman–Crippen MR) is 70.8 cm³/mol. The zero-order valence-corrected chi connectivity index (χ0v) is 11.0. The van der Waals surface area contributed by atoms with Crippen molar-refractivity contribution in [1.82, 2.24) is 0 Å². The summed E-state index contributed by atoms with van der Waals surface area (Å²) >= 11 is 3.49. The Morgan fingerprint density at radius 3 is 2.75 bits per heavy atom. The highest BCUT2D eigenvalue weighted by molar-refractivity contribution is 9.10. The summed E-state index contributed by atoms with van der Waals surface area (Å²) in [5, 5.41) is 8.16. The van der Waals surface area contributed by atoms with Crippen molar-refractivity contribution in [3.05, 3.63) is 33.8 Å². The van der Waals surface area contributed by atoms with Crippen molar-refractivity contribution in [2.75, 3.05) is 0 Å². The molecule has 0 bridgehead atoms. The Labute approximate surface area is 104 Å². The third-order valence-electron chi connectivity index (χ3n) is 2.78. The highest BCUT2D eigenvalue weighted by Gasteiger charge is 2.17. The first-order chi connectivity index (χ1) is 7.58. The van der Waals surface area contributed by atoms with Crippen LogP contribution in [0.5, 0.6) is 0 Å².